The zero-order valence-electron chi connectivity index (χ0n) is 23.6. The third-order valence-electron chi connectivity index (χ3n) is 13.7. The average Bonchev–Trinajstić information content (AvgIpc) is 3.08. The van der Waals surface area contributed by atoms with E-state index in [1.807, 2.05) is 0 Å². The zero-order chi connectivity index (χ0) is 24.9. The monoisotopic (exact) mass is 468 g/mol. The maximum absolute atomic E-state index is 11.9. The van der Waals surface area contributed by atoms with E-state index in [2.05, 4.69) is 55.0 Å². The molecule has 0 unspecified atom stereocenters. The van der Waals surface area contributed by atoms with Crippen LogP contribution >= 0.6 is 0 Å². The Morgan fingerprint density at radius 3 is 2.12 bits per heavy atom. The van der Waals surface area contributed by atoms with Gasteiger partial charge in [-0.15, -0.1) is 0 Å². The largest absolute Gasteiger partial charge is 0.462 e. The van der Waals surface area contributed by atoms with Crippen molar-refractivity contribution in [3.63, 3.8) is 0 Å². The molecule has 0 aromatic rings. The fourth-order valence-electron chi connectivity index (χ4n) is 11.9. The normalized spacial score (nSPS) is 53.6. The number of carbonyl (C=O) groups is 1. The van der Waals surface area contributed by atoms with Gasteiger partial charge in [0.05, 0.1) is 0 Å². The fraction of sp³-hybridized carbons (Fsp3) is 0.906. The van der Waals surface area contributed by atoms with Crippen molar-refractivity contribution >= 4 is 5.97 Å². The molecular weight excluding hydrogens is 416 g/mol. The Morgan fingerprint density at radius 2 is 1.47 bits per heavy atom. The van der Waals surface area contributed by atoms with Crippen molar-refractivity contribution in [2.45, 2.75) is 126 Å². The molecule has 2 nitrogen and oxygen atoms in total. The van der Waals surface area contributed by atoms with Crippen molar-refractivity contribution in [3.05, 3.63) is 12.2 Å². The summed E-state index contributed by atoms with van der Waals surface area (Å²) in [6, 6.07) is 0. The van der Waals surface area contributed by atoms with E-state index >= 15 is 0 Å². The van der Waals surface area contributed by atoms with Gasteiger partial charge in [-0.3, -0.25) is 4.79 Å². The Bertz CT molecular complexity index is 872. The predicted octanol–water partition coefficient (Wildman–Crippen LogP) is 8.60. The summed E-state index contributed by atoms with van der Waals surface area (Å²) >= 11 is 0. The van der Waals surface area contributed by atoms with Crippen LogP contribution in [0.1, 0.15) is 120 Å². The first-order chi connectivity index (χ1) is 15.7. The summed E-state index contributed by atoms with van der Waals surface area (Å²) in [6.45, 7) is 23.9. The Hall–Kier alpha value is -0.790. The first-order valence-corrected chi connectivity index (χ1v) is 14.5. The van der Waals surface area contributed by atoms with Crippen LogP contribution in [0.3, 0.4) is 0 Å². The molecule has 0 aromatic heterocycles. The molecule has 0 heterocycles. The lowest BCUT2D eigenvalue weighted by atomic mass is 9.32. The Morgan fingerprint density at radius 1 is 0.765 bits per heavy atom. The summed E-state index contributed by atoms with van der Waals surface area (Å²) in [5.74, 6) is 3.74. The molecule has 10 atom stereocenters. The van der Waals surface area contributed by atoms with Gasteiger partial charge in [-0.25, -0.2) is 0 Å². The molecule has 5 aliphatic rings. The fourth-order valence-corrected chi connectivity index (χ4v) is 11.9. The number of esters is 1. The van der Waals surface area contributed by atoms with Gasteiger partial charge in [0.2, 0.25) is 0 Å². The van der Waals surface area contributed by atoms with Gasteiger partial charge in [-0.1, -0.05) is 53.7 Å². The molecule has 0 spiro atoms. The summed E-state index contributed by atoms with van der Waals surface area (Å²) in [4.78, 5) is 11.9. The van der Waals surface area contributed by atoms with Crippen LogP contribution in [0.5, 0.6) is 0 Å². The second-order valence-electron chi connectivity index (χ2n) is 15.3. The molecule has 2 heteroatoms. The standard InChI is InChI=1S/C32H52O2/c1-20(2)22-12-15-29(6)18-19-31(8)23(27(22)29)10-11-25-30(7)16-14-26(34-21(3)33)28(4,5)24(30)13-17-32(25,31)9/h22-27H,1,10-19H2,2-9H3/t22-,23-,24+,25-,26+,27+,29-,30-,31-,32+/m0/s1. The van der Waals surface area contributed by atoms with Crippen LogP contribution in [-0.4, -0.2) is 12.1 Å². The first kappa shape index (κ1) is 24.9. The lowest BCUT2D eigenvalue weighted by Gasteiger charge is -2.73. The SMILES string of the molecule is C=C(C)[C@@H]1CC[C@@]2(C)CC[C@@]3(C)[C@@H](CC[C@H]4[C@@]5(C)CC[C@@H](OC(C)=O)C(C)(C)[C@H]5CC[C@]43C)[C@@H]12. The maximum atomic E-state index is 11.9. The highest BCUT2D eigenvalue weighted by Crippen LogP contribution is 2.77. The summed E-state index contributed by atoms with van der Waals surface area (Å²) in [5, 5.41) is 0. The van der Waals surface area contributed by atoms with Crippen molar-refractivity contribution in [1.29, 1.82) is 0 Å². The van der Waals surface area contributed by atoms with Crippen LogP contribution in [0, 0.1) is 56.7 Å². The molecule has 5 saturated carbocycles. The van der Waals surface area contributed by atoms with E-state index in [1.54, 1.807) is 6.92 Å². The van der Waals surface area contributed by atoms with Crippen LogP contribution in [0.4, 0.5) is 0 Å². The lowest BCUT2D eigenvalue weighted by Crippen LogP contribution is -2.66. The van der Waals surface area contributed by atoms with Crippen LogP contribution in [0.15, 0.2) is 12.2 Å². The quantitative estimate of drug-likeness (QED) is 0.299. The molecule has 0 aromatic carbocycles. The molecule has 34 heavy (non-hydrogen) atoms. The number of hydrogen-bond donors (Lipinski definition) is 0. The summed E-state index contributed by atoms with van der Waals surface area (Å²) in [6.07, 6.45) is 13.4. The van der Waals surface area contributed by atoms with Crippen molar-refractivity contribution in [2.24, 2.45) is 56.7 Å². The Balaban J connectivity index is 1.50. The van der Waals surface area contributed by atoms with Gasteiger partial charge in [0.15, 0.2) is 0 Å². The molecule has 5 fully saturated rings. The van der Waals surface area contributed by atoms with Crippen molar-refractivity contribution in [2.75, 3.05) is 0 Å². The maximum Gasteiger partial charge on any atom is 0.302 e. The highest BCUT2D eigenvalue weighted by atomic mass is 16.5. The van der Waals surface area contributed by atoms with Crippen LogP contribution in [0.2, 0.25) is 0 Å². The van der Waals surface area contributed by atoms with Crippen LogP contribution in [0.25, 0.3) is 0 Å². The lowest BCUT2D eigenvalue weighted by molar-refractivity contribution is -0.248. The number of hydrogen-bond acceptors (Lipinski definition) is 2. The van der Waals surface area contributed by atoms with Crippen LogP contribution in [-0.2, 0) is 9.53 Å². The molecule has 5 rings (SSSR count). The smallest absolute Gasteiger partial charge is 0.302 e. The molecular formula is C32H52O2. The number of fused-ring (bicyclic) bond motifs is 7. The van der Waals surface area contributed by atoms with E-state index in [9.17, 15) is 4.79 Å². The summed E-state index contributed by atoms with van der Waals surface area (Å²) in [5.41, 5.74) is 3.23. The molecule has 0 bridgehead atoms. The minimum atomic E-state index is -0.107. The molecule has 0 aliphatic heterocycles. The van der Waals surface area contributed by atoms with E-state index in [0.29, 0.717) is 27.6 Å². The van der Waals surface area contributed by atoms with Crippen molar-refractivity contribution < 1.29 is 9.53 Å². The van der Waals surface area contributed by atoms with Crippen molar-refractivity contribution in [3.8, 4) is 0 Å². The Labute approximate surface area is 210 Å². The van der Waals surface area contributed by atoms with Gasteiger partial charge in [-0.2, -0.15) is 0 Å². The Kier molecular flexibility index (Phi) is 5.57. The molecule has 0 saturated heterocycles. The highest BCUT2D eigenvalue weighted by molar-refractivity contribution is 5.66. The van der Waals surface area contributed by atoms with E-state index < -0.39 is 0 Å². The number of rotatable bonds is 2. The number of carbonyl (C=O) groups excluding carboxylic acids is 1. The van der Waals surface area contributed by atoms with Gasteiger partial charge in [0.25, 0.3) is 0 Å². The van der Waals surface area contributed by atoms with E-state index in [4.69, 9.17) is 4.74 Å². The zero-order valence-corrected chi connectivity index (χ0v) is 23.6. The summed E-state index contributed by atoms with van der Waals surface area (Å²) < 4.78 is 5.91. The van der Waals surface area contributed by atoms with Gasteiger partial charge >= 0.3 is 5.97 Å². The van der Waals surface area contributed by atoms with Crippen LogP contribution < -0.4 is 0 Å². The minimum absolute atomic E-state index is 0.0550. The molecule has 5 aliphatic carbocycles. The topological polar surface area (TPSA) is 26.3 Å². The van der Waals surface area contributed by atoms with E-state index in [1.165, 1.54) is 63.4 Å². The summed E-state index contributed by atoms with van der Waals surface area (Å²) in [7, 11) is 0. The van der Waals surface area contributed by atoms with E-state index in [0.717, 1.165) is 30.1 Å². The van der Waals surface area contributed by atoms with Gasteiger partial charge < -0.3 is 4.74 Å². The molecule has 0 N–H and O–H groups in total. The van der Waals surface area contributed by atoms with E-state index in [-0.39, 0.29) is 17.5 Å². The third kappa shape index (κ3) is 3.08. The third-order valence-corrected chi connectivity index (χ3v) is 13.7. The number of allylic oxidation sites excluding steroid dienone is 1. The number of ether oxygens (including phenoxy) is 1. The van der Waals surface area contributed by atoms with Gasteiger partial charge in [-0.05, 0) is 122 Å². The average molecular weight is 469 g/mol. The predicted molar refractivity (Wildman–Crippen MR) is 140 cm³/mol. The van der Waals surface area contributed by atoms with Gasteiger partial charge in [0, 0.05) is 12.3 Å². The second kappa shape index (κ2) is 7.61. The van der Waals surface area contributed by atoms with Gasteiger partial charge in [0.1, 0.15) is 6.10 Å². The first-order valence-electron chi connectivity index (χ1n) is 14.5. The molecule has 192 valence electrons. The van der Waals surface area contributed by atoms with Crippen molar-refractivity contribution in [1.82, 2.24) is 0 Å². The second-order valence-corrected chi connectivity index (χ2v) is 15.3. The molecule has 0 radical (unpaired) electrons. The highest BCUT2D eigenvalue weighted by Gasteiger charge is 2.70. The molecule has 0 amide bonds. The minimum Gasteiger partial charge on any atom is -0.462 e.